The molecule has 0 aliphatic carbocycles. The molecule has 814 valence electrons. The minimum atomic E-state index is 1.09. The van der Waals surface area contributed by atoms with Gasteiger partial charge in [-0.1, -0.05) is 404 Å². The van der Waals surface area contributed by atoms with Crippen molar-refractivity contribution in [3.05, 3.63) is 296 Å². The molecule has 0 aliphatic rings. The first-order valence-electron chi connectivity index (χ1n) is 52.6. The van der Waals surface area contributed by atoms with Crippen molar-refractivity contribution in [2.75, 3.05) is 98.7 Å². The van der Waals surface area contributed by atoms with Crippen LogP contribution in [0.5, 0.6) is 0 Å². The number of rotatable bonds is 7. The average Bonchev–Trinajstić information content (AvgIpc) is 0.831. The van der Waals surface area contributed by atoms with Gasteiger partial charge < -0.3 is 35.1 Å². The molecular weight excluding hydrogens is 1750 g/mol. The summed E-state index contributed by atoms with van der Waals surface area (Å²) in [5, 5.41) is 51.6. The van der Waals surface area contributed by atoms with E-state index in [2.05, 4.69) is 351 Å². The summed E-state index contributed by atoms with van der Waals surface area (Å²) in [6, 6.07) is 77.1. The molecule has 0 atom stereocenters. The van der Waals surface area contributed by atoms with Gasteiger partial charge >= 0.3 is 0 Å². The Labute approximate surface area is 889 Å². The lowest BCUT2D eigenvalue weighted by atomic mass is 10.0. The van der Waals surface area contributed by atoms with Crippen molar-refractivity contribution in [2.24, 2.45) is 35.7 Å². The maximum atomic E-state index is 4.03. The molecule has 14 heteroatoms. The van der Waals surface area contributed by atoms with Crippen LogP contribution in [-0.2, 0) is 0 Å². The molecule has 0 heterocycles. The van der Waals surface area contributed by atoms with E-state index in [1.54, 1.807) is 35.1 Å². The Morgan fingerprint density at radius 1 is 0.140 bits per heavy atom. The van der Waals surface area contributed by atoms with Gasteiger partial charge in [-0.2, -0.15) is 35.7 Å². The quantitative estimate of drug-likeness (QED) is 0.115. The molecule has 143 heavy (non-hydrogen) atoms. The van der Waals surface area contributed by atoms with E-state index in [0.29, 0.717) is 0 Å². The van der Waals surface area contributed by atoms with Crippen molar-refractivity contribution in [1.82, 2.24) is 35.1 Å². The van der Waals surface area contributed by atoms with Crippen LogP contribution < -0.4 is 0 Å². The topological polar surface area (TPSA) is 109 Å². The number of hydrogen-bond acceptors (Lipinski definition) is 14. The van der Waals surface area contributed by atoms with Gasteiger partial charge in [-0.25, -0.2) is 0 Å². The van der Waals surface area contributed by atoms with Gasteiger partial charge in [0.2, 0.25) is 0 Å². The summed E-state index contributed by atoms with van der Waals surface area (Å²) in [5.41, 5.74) is 26.5. The molecule has 0 aromatic heterocycles. The number of hydrazone groups is 7. The minimum Gasteiger partial charge on any atom is -0.303 e. The Hall–Kier alpha value is -11.3. The molecule has 0 radical (unpaired) electrons. The van der Waals surface area contributed by atoms with Crippen molar-refractivity contribution in [3.8, 4) is 0 Å². The molecule has 0 unspecified atom stereocenters. The van der Waals surface area contributed by atoms with Crippen LogP contribution in [0.25, 0.3) is 43.1 Å². The van der Waals surface area contributed by atoms with Crippen LogP contribution in [0.1, 0.15) is 327 Å². The summed E-state index contributed by atoms with van der Waals surface area (Å²) in [7, 11) is 26.7. The first-order chi connectivity index (χ1) is 67.4. The predicted molar refractivity (Wildman–Crippen MR) is 674 cm³/mol. The van der Waals surface area contributed by atoms with Gasteiger partial charge in [0.25, 0.3) is 0 Å². The maximum absolute atomic E-state index is 4.03. The normalized spacial score (nSPS) is 8.28. The molecule has 11 aromatic carbocycles. The first-order valence-corrected chi connectivity index (χ1v) is 52.6. The molecule has 0 saturated heterocycles. The van der Waals surface area contributed by atoms with E-state index in [1.807, 2.05) is 348 Å². The van der Waals surface area contributed by atoms with Crippen molar-refractivity contribution in [3.63, 3.8) is 0 Å². The zero-order valence-corrected chi connectivity index (χ0v) is 106. The summed E-state index contributed by atoms with van der Waals surface area (Å²) in [6.45, 7) is 101. The van der Waals surface area contributed by atoms with E-state index in [-0.39, 0.29) is 0 Å². The molecule has 0 aliphatic heterocycles. The highest BCUT2D eigenvalue weighted by molar-refractivity contribution is 5.90. The van der Waals surface area contributed by atoms with E-state index in [0.717, 1.165) is 40.0 Å². The van der Waals surface area contributed by atoms with Gasteiger partial charge in [-0.05, 0) is 281 Å². The van der Waals surface area contributed by atoms with Crippen molar-refractivity contribution < 1.29 is 0 Å². The Bertz CT molecular complexity index is 4310. The predicted octanol–water partition coefficient (Wildman–Crippen LogP) is 38.6. The van der Waals surface area contributed by atoms with Gasteiger partial charge in [-0.15, -0.1) is 0 Å². The van der Waals surface area contributed by atoms with E-state index < -0.39 is 0 Å². The van der Waals surface area contributed by atoms with Gasteiger partial charge in [0, 0.05) is 139 Å². The number of nitrogens with zero attached hydrogens (tertiary/aromatic N) is 14. The van der Waals surface area contributed by atoms with Gasteiger partial charge in [0.15, 0.2) is 0 Å². The lowest BCUT2D eigenvalue weighted by Crippen LogP contribution is -2.03. The summed E-state index contributed by atoms with van der Waals surface area (Å²) in [5.74, 6) is 0. The Balaban J connectivity index is -0.000000103. The molecular formula is C129H228N14. The molecule has 0 spiro atoms. The third-order valence-corrected chi connectivity index (χ3v) is 15.8. The molecule has 0 amide bonds. The summed E-state index contributed by atoms with van der Waals surface area (Å²) >= 11 is 0. The third kappa shape index (κ3) is 108. The molecule has 0 fully saturated rings. The monoisotopic (exact) mass is 1970 g/mol. The first kappa shape index (κ1) is 162. The molecule has 11 aromatic rings. The van der Waals surface area contributed by atoms with Gasteiger partial charge in [0.1, 0.15) is 0 Å². The van der Waals surface area contributed by atoms with E-state index in [1.165, 1.54) is 121 Å². The fourth-order valence-electron chi connectivity index (χ4n) is 11.2. The second-order valence-electron chi connectivity index (χ2n) is 32.7. The third-order valence-electron chi connectivity index (χ3n) is 15.8. The number of aryl methyl sites for hydroxylation is 14. The zero-order valence-electron chi connectivity index (χ0n) is 106. The van der Waals surface area contributed by atoms with Crippen molar-refractivity contribution in [2.45, 2.75) is 346 Å². The molecule has 14 nitrogen and oxygen atoms in total. The van der Waals surface area contributed by atoms with E-state index in [4.69, 9.17) is 0 Å². The minimum absolute atomic E-state index is 1.09. The largest absolute Gasteiger partial charge is 0.303 e. The fourth-order valence-corrected chi connectivity index (χ4v) is 11.2. The van der Waals surface area contributed by atoms with E-state index >= 15 is 0 Å². The summed E-state index contributed by atoms with van der Waals surface area (Å²) in [6.07, 6.45) is 0. The smallest absolute Gasteiger partial charge is 0.0318 e. The van der Waals surface area contributed by atoms with Crippen LogP contribution in [-0.4, -0.2) is 174 Å². The molecule has 0 saturated carbocycles. The van der Waals surface area contributed by atoms with Crippen molar-refractivity contribution >= 4 is 83.1 Å². The Morgan fingerprint density at radius 3 is 0.413 bits per heavy atom. The lowest BCUT2D eigenvalue weighted by Gasteiger charge is -2.03. The van der Waals surface area contributed by atoms with E-state index in [9.17, 15) is 0 Å². The van der Waals surface area contributed by atoms with Crippen LogP contribution in [0.4, 0.5) is 0 Å². The summed E-state index contributed by atoms with van der Waals surface area (Å²) < 4.78 is 0. The second-order valence-corrected chi connectivity index (χ2v) is 32.7. The van der Waals surface area contributed by atoms with Crippen LogP contribution in [0.3, 0.4) is 0 Å². The maximum Gasteiger partial charge on any atom is 0.0318 e. The second kappa shape index (κ2) is 113. The molecule has 0 bridgehead atoms. The van der Waals surface area contributed by atoms with Crippen LogP contribution in [0.2, 0.25) is 0 Å². The lowest BCUT2D eigenvalue weighted by molar-refractivity contribution is 0.437. The van der Waals surface area contributed by atoms with Crippen LogP contribution >= 0.6 is 0 Å². The number of benzene rings is 11. The average molecular weight is 1980 g/mol. The molecule has 11 rings (SSSR count). The highest BCUT2D eigenvalue weighted by Crippen LogP contribution is 2.24. The van der Waals surface area contributed by atoms with Crippen LogP contribution in [0, 0.1) is 96.9 Å². The van der Waals surface area contributed by atoms with Gasteiger partial charge in [-0.3, -0.25) is 0 Å². The van der Waals surface area contributed by atoms with Crippen LogP contribution in [0.15, 0.2) is 254 Å². The highest BCUT2D eigenvalue weighted by atomic mass is 15.4. The van der Waals surface area contributed by atoms with Gasteiger partial charge in [0.05, 0.1) is 0 Å². The fraction of sp³-hybridized carbons (Fsp3) is 0.496. The highest BCUT2D eigenvalue weighted by Gasteiger charge is 2.01. The SMILES string of the molecule is CC.CC.CC.CC.CC.CC.CC.CC.CC.CC.CC.CC(C)=NN(C)C.CC(C)=NN(C)C.CC(C)=NN(C)C.CC(C)=NN(C)C.CC(C)=NN(C)C.CC(C)=NN(C)C.CC(C)=NN(C)C.Cc1ccc(C)c2ccccc12.Cc1ccc(C)c2ccccc12.Cc1ccc(C)cc1.Cc1ccc2cc(C)ccc2c1.Cc1cccc(C)c1.Cc1cccc2c(C)cccc12.Cc1ccccc1C. The Morgan fingerprint density at radius 2 is 0.273 bits per heavy atom. The number of hydrogen-bond donors (Lipinski definition) is 0. The summed E-state index contributed by atoms with van der Waals surface area (Å²) in [4.78, 5) is 0. The van der Waals surface area contributed by atoms with Crippen molar-refractivity contribution in [1.29, 1.82) is 0 Å². The standard InChI is InChI=1S/4C12H12.3C8H10.7C5H12N2.11C2H6/c1-9-3-5-12-8-10(2)4-6-11(12)7-9;1-9-5-3-8-12-10(2)6-4-7-11(9)12;2*1-9-7-8-10(2)12-6-4-3-5-11(9)12;1-7-3-5-8(2)6-4-7;1-7-4-3-5-8(2)6-7;1-7-5-3-4-6-8(7)2;7*1-5(2)6-7(3)4;11*1-2/h4*3-8H,1-2H3;3*3-6H,1-2H3;7*1-4H3;11*1-2H3. The number of fused-ring (bicyclic) bond motifs is 4. The Kier molecular flexibility index (Phi) is 128. The molecule has 0 N–H and O–H groups in total. The zero-order chi connectivity index (χ0) is 115.